The molecule has 2 rings (SSSR count). The monoisotopic (exact) mass is 192 g/mol. The minimum absolute atomic E-state index is 0.0205. The van der Waals surface area contributed by atoms with Crippen molar-refractivity contribution >= 4 is 11.8 Å². The van der Waals surface area contributed by atoms with Crippen LogP contribution in [-0.2, 0) is 11.3 Å². The van der Waals surface area contributed by atoms with Gasteiger partial charge in [-0.25, -0.2) is 4.79 Å². The maximum atomic E-state index is 11.1. The van der Waals surface area contributed by atoms with Crippen LogP contribution in [0.1, 0.15) is 21.5 Å². The number of carbonyl (C=O) groups is 1. The van der Waals surface area contributed by atoms with E-state index in [-0.39, 0.29) is 18.4 Å². The molecule has 0 aliphatic carbocycles. The highest BCUT2D eigenvalue weighted by Gasteiger charge is 2.21. The molecule has 0 bridgehead atoms. The number of cyclic esters (lactones) is 1. The number of amidine groups is 1. The van der Waals surface area contributed by atoms with Crippen LogP contribution >= 0.6 is 0 Å². The standard InChI is InChI=1S/C9H8N2O3/c10-8(11-13)5-1-2-7-6(3-5)4-14-9(7)12/h1-3,13H,4H2,(H2,10,11). The van der Waals surface area contributed by atoms with Crippen molar-refractivity contribution in [1.82, 2.24) is 0 Å². The highest BCUT2D eigenvalue weighted by atomic mass is 16.5. The van der Waals surface area contributed by atoms with Crippen molar-refractivity contribution in [3.63, 3.8) is 0 Å². The Bertz CT molecular complexity index is 426. The lowest BCUT2D eigenvalue weighted by Crippen LogP contribution is -2.13. The van der Waals surface area contributed by atoms with Crippen molar-refractivity contribution in [2.75, 3.05) is 0 Å². The first-order valence-corrected chi connectivity index (χ1v) is 4.00. The molecule has 0 amide bonds. The average Bonchev–Trinajstić information content (AvgIpc) is 2.59. The molecule has 0 unspecified atom stereocenters. The van der Waals surface area contributed by atoms with E-state index in [1.807, 2.05) is 0 Å². The van der Waals surface area contributed by atoms with Gasteiger partial charge in [-0.2, -0.15) is 0 Å². The molecular formula is C9H8N2O3. The number of nitrogens with zero attached hydrogens (tertiary/aromatic N) is 1. The molecule has 0 atom stereocenters. The number of esters is 1. The summed E-state index contributed by atoms with van der Waals surface area (Å²) < 4.78 is 4.81. The molecule has 5 nitrogen and oxygen atoms in total. The molecule has 1 aromatic carbocycles. The molecule has 72 valence electrons. The first-order valence-electron chi connectivity index (χ1n) is 4.00. The Labute approximate surface area is 79.8 Å². The van der Waals surface area contributed by atoms with E-state index in [4.69, 9.17) is 15.7 Å². The Kier molecular flexibility index (Phi) is 1.85. The Morgan fingerprint density at radius 3 is 3.07 bits per heavy atom. The van der Waals surface area contributed by atoms with Gasteiger partial charge in [-0.15, -0.1) is 0 Å². The number of hydrogen-bond donors (Lipinski definition) is 2. The second-order valence-corrected chi connectivity index (χ2v) is 2.93. The Balaban J connectivity index is 2.47. The lowest BCUT2D eigenvalue weighted by atomic mass is 10.1. The normalized spacial score (nSPS) is 15.1. The molecule has 0 radical (unpaired) electrons. The van der Waals surface area contributed by atoms with Crippen molar-refractivity contribution in [2.45, 2.75) is 6.61 Å². The summed E-state index contributed by atoms with van der Waals surface area (Å²) in [4.78, 5) is 11.1. The summed E-state index contributed by atoms with van der Waals surface area (Å²) >= 11 is 0. The molecule has 0 saturated carbocycles. The van der Waals surface area contributed by atoms with Crippen molar-refractivity contribution in [3.8, 4) is 0 Å². The SMILES string of the molecule is NC(=NO)c1ccc2c(c1)COC2=O. The molecule has 5 heteroatoms. The van der Waals surface area contributed by atoms with Gasteiger partial charge in [0.1, 0.15) is 6.61 Å². The van der Waals surface area contributed by atoms with E-state index in [1.165, 1.54) is 0 Å². The largest absolute Gasteiger partial charge is 0.457 e. The van der Waals surface area contributed by atoms with Gasteiger partial charge in [-0.1, -0.05) is 11.2 Å². The van der Waals surface area contributed by atoms with E-state index in [0.717, 1.165) is 5.56 Å². The smallest absolute Gasteiger partial charge is 0.338 e. The third kappa shape index (κ3) is 1.19. The fourth-order valence-electron chi connectivity index (χ4n) is 1.35. The van der Waals surface area contributed by atoms with Crippen LogP contribution in [0.4, 0.5) is 0 Å². The maximum absolute atomic E-state index is 11.1. The van der Waals surface area contributed by atoms with Crippen LogP contribution in [0.15, 0.2) is 23.4 Å². The van der Waals surface area contributed by atoms with Crippen LogP contribution in [0.25, 0.3) is 0 Å². The van der Waals surface area contributed by atoms with E-state index >= 15 is 0 Å². The highest BCUT2D eigenvalue weighted by molar-refractivity contribution is 5.99. The zero-order chi connectivity index (χ0) is 10.1. The van der Waals surface area contributed by atoms with E-state index in [0.29, 0.717) is 11.1 Å². The summed E-state index contributed by atoms with van der Waals surface area (Å²) in [5, 5.41) is 11.3. The number of benzene rings is 1. The Morgan fingerprint density at radius 1 is 1.57 bits per heavy atom. The topological polar surface area (TPSA) is 84.9 Å². The Hall–Kier alpha value is -2.04. The molecule has 14 heavy (non-hydrogen) atoms. The van der Waals surface area contributed by atoms with Crippen LogP contribution in [0.2, 0.25) is 0 Å². The Morgan fingerprint density at radius 2 is 2.36 bits per heavy atom. The van der Waals surface area contributed by atoms with Crippen LogP contribution < -0.4 is 5.73 Å². The number of nitrogens with two attached hydrogens (primary N) is 1. The number of rotatable bonds is 1. The lowest BCUT2D eigenvalue weighted by molar-refractivity contribution is 0.0535. The second kappa shape index (κ2) is 3.02. The van der Waals surface area contributed by atoms with Gasteiger partial charge in [0.15, 0.2) is 5.84 Å². The third-order valence-electron chi connectivity index (χ3n) is 2.09. The molecule has 1 aliphatic rings. The summed E-state index contributed by atoms with van der Waals surface area (Å²) in [5.74, 6) is -0.307. The van der Waals surface area contributed by atoms with Crippen molar-refractivity contribution in [3.05, 3.63) is 34.9 Å². The molecular weight excluding hydrogens is 184 g/mol. The van der Waals surface area contributed by atoms with Gasteiger partial charge in [-0.3, -0.25) is 0 Å². The molecule has 1 heterocycles. The maximum Gasteiger partial charge on any atom is 0.338 e. The summed E-state index contributed by atoms with van der Waals surface area (Å²) in [5.41, 5.74) is 7.28. The van der Waals surface area contributed by atoms with Crippen molar-refractivity contribution in [2.24, 2.45) is 10.9 Å². The number of hydrogen-bond acceptors (Lipinski definition) is 4. The van der Waals surface area contributed by atoms with Crippen LogP contribution in [0.3, 0.4) is 0 Å². The van der Waals surface area contributed by atoms with Crippen molar-refractivity contribution < 1.29 is 14.7 Å². The van der Waals surface area contributed by atoms with E-state index in [9.17, 15) is 4.79 Å². The molecule has 3 N–H and O–H groups in total. The van der Waals surface area contributed by atoms with Gasteiger partial charge in [0.25, 0.3) is 0 Å². The second-order valence-electron chi connectivity index (χ2n) is 2.93. The van der Waals surface area contributed by atoms with Gasteiger partial charge in [0.05, 0.1) is 5.56 Å². The van der Waals surface area contributed by atoms with E-state index in [2.05, 4.69) is 5.16 Å². The first-order chi connectivity index (χ1) is 6.72. The average molecular weight is 192 g/mol. The minimum atomic E-state index is -0.328. The summed E-state index contributed by atoms with van der Waals surface area (Å²) in [7, 11) is 0. The zero-order valence-electron chi connectivity index (χ0n) is 7.23. The number of oxime groups is 1. The van der Waals surface area contributed by atoms with Gasteiger partial charge in [-0.05, 0) is 12.1 Å². The predicted octanol–water partition coefficient (Wildman–Crippen LogP) is 0.452. The summed E-state index contributed by atoms with van der Waals surface area (Å²) in [6.45, 7) is 0.251. The van der Waals surface area contributed by atoms with Gasteiger partial charge >= 0.3 is 5.97 Å². The van der Waals surface area contributed by atoms with E-state index < -0.39 is 0 Å². The molecule has 0 fully saturated rings. The van der Waals surface area contributed by atoms with Crippen molar-refractivity contribution in [1.29, 1.82) is 0 Å². The zero-order valence-corrected chi connectivity index (χ0v) is 7.23. The van der Waals surface area contributed by atoms with Gasteiger partial charge < -0.3 is 15.7 Å². The van der Waals surface area contributed by atoms with Crippen LogP contribution in [0, 0.1) is 0 Å². The summed E-state index contributed by atoms with van der Waals surface area (Å²) in [6, 6.07) is 4.90. The predicted molar refractivity (Wildman–Crippen MR) is 48.1 cm³/mol. The lowest BCUT2D eigenvalue weighted by Gasteiger charge is -1.99. The molecule has 0 aromatic heterocycles. The highest BCUT2D eigenvalue weighted by Crippen LogP contribution is 2.20. The third-order valence-corrected chi connectivity index (χ3v) is 2.09. The quantitative estimate of drug-likeness (QED) is 0.222. The van der Waals surface area contributed by atoms with Gasteiger partial charge in [0, 0.05) is 11.1 Å². The molecule has 1 aromatic rings. The fraction of sp³-hybridized carbons (Fsp3) is 0.111. The molecule has 0 spiro atoms. The molecule has 1 aliphatic heterocycles. The number of fused-ring (bicyclic) bond motifs is 1. The first kappa shape index (κ1) is 8.55. The summed E-state index contributed by atoms with van der Waals surface area (Å²) in [6.07, 6.45) is 0. The van der Waals surface area contributed by atoms with Crippen LogP contribution in [0.5, 0.6) is 0 Å². The van der Waals surface area contributed by atoms with Crippen LogP contribution in [-0.4, -0.2) is 17.0 Å². The number of carbonyl (C=O) groups excluding carboxylic acids is 1. The fourth-order valence-corrected chi connectivity index (χ4v) is 1.35. The van der Waals surface area contributed by atoms with Gasteiger partial charge in [0.2, 0.25) is 0 Å². The van der Waals surface area contributed by atoms with E-state index in [1.54, 1.807) is 18.2 Å². The minimum Gasteiger partial charge on any atom is -0.457 e. The number of ether oxygens (including phenoxy) is 1. The molecule has 0 saturated heterocycles.